The van der Waals surface area contributed by atoms with E-state index in [4.69, 9.17) is 4.74 Å². The van der Waals surface area contributed by atoms with Crippen molar-refractivity contribution >= 4 is 21.5 Å². The summed E-state index contributed by atoms with van der Waals surface area (Å²) in [4.78, 5) is 28.7. The van der Waals surface area contributed by atoms with Crippen LogP contribution >= 0.6 is 0 Å². The second kappa shape index (κ2) is 6.72. The largest absolute Gasteiger partial charge is 0.456 e. The predicted molar refractivity (Wildman–Crippen MR) is 94.9 cm³/mol. The molecule has 0 fully saturated rings. The molecule has 0 aliphatic heterocycles. The second-order valence-corrected chi connectivity index (χ2v) is 7.78. The summed E-state index contributed by atoms with van der Waals surface area (Å²) < 4.78 is 30.2. The Hall–Kier alpha value is -3.00. The van der Waals surface area contributed by atoms with Gasteiger partial charge in [-0.05, 0) is 31.2 Å². The Kier molecular flexibility index (Phi) is 4.60. The van der Waals surface area contributed by atoms with Gasteiger partial charge < -0.3 is 4.74 Å². The van der Waals surface area contributed by atoms with Crippen LogP contribution in [0.1, 0.15) is 21.7 Å². The smallest absolute Gasteiger partial charge is 0.339 e. The average molecular weight is 372 g/mol. The standard InChI is InChI=1S/C18H16N2O5S/c1-12-6-5-9-16-19-13(10-17(21)20(12)16)11-25-18(22)14-7-3-4-8-15(14)26(2,23)24/h3-10H,11H2,1-2H3. The number of esters is 1. The lowest BCUT2D eigenvalue weighted by Crippen LogP contribution is -2.18. The molecule has 0 radical (unpaired) electrons. The van der Waals surface area contributed by atoms with E-state index in [2.05, 4.69) is 4.98 Å². The zero-order chi connectivity index (χ0) is 18.9. The molecule has 2 aromatic heterocycles. The van der Waals surface area contributed by atoms with Gasteiger partial charge in [-0.1, -0.05) is 18.2 Å². The lowest BCUT2D eigenvalue weighted by atomic mass is 10.2. The summed E-state index contributed by atoms with van der Waals surface area (Å²) in [6.45, 7) is 1.55. The first-order valence-corrected chi connectivity index (χ1v) is 9.61. The summed E-state index contributed by atoms with van der Waals surface area (Å²) in [7, 11) is -3.57. The van der Waals surface area contributed by atoms with Crippen LogP contribution in [0.15, 0.2) is 58.2 Å². The van der Waals surface area contributed by atoms with Crippen molar-refractivity contribution in [1.29, 1.82) is 0 Å². The highest BCUT2D eigenvalue weighted by Crippen LogP contribution is 2.17. The summed E-state index contributed by atoms with van der Waals surface area (Å²) in [5, 5.41) is 0. The number of carbonyl (C=O) groups is 1. The van der Waals surface area contributed by atoms with Crippen LogP contribution in [0, 0.1) is 6.92 Å². The van der Waals surface area contributed by atoms with Gasteiger partial charge in [0.25, 0.3) is 5.56 Å². The van der Waals surface area contributed by atoms with Crippen LogP contribution in [0.3, 0.4) is 0 Å². The molecule has 0 saturated heterocycles. The van der Waals surface area contributed by atoms with Crippen LogP contribution in [0.25, 0.3) is 5.65 Å². The van der Waals surface area contributed by atoms with Gasteiger partial charge in [0.15, 0.2) is 9.84 Å². The maximum absolute atomic E-state index is 12.3. The minimum atomic E-state index is -3.57. The van der Waals surface area contributed by atoms with Gasteiger partial charge in [-0.2, -0.15) is 0 Å². The summed E-state index contributed by atoms with van der Waals surface area (Å²) in [6, 6.07) is 12.3. The average Bonchev–Trinajstić information content (AvgIpc) is 2.58. The van der Waals surface area contributed by atoms with Crippen LogP contribution in [0.2, 0.25) is 0 Å². The van der Waals surface area contributed by atoms with E-state index in [0.717, 1.165) is 11.9 Å². The predicted octanol–water partition coefficient (Wildman–Crippen LogP) is 1.76. The number of fused-ring (bicyclic) bond motifs is 1. The van der Waals surface area contributed by atoms with Gasteiger partial charge in [0, 0.05) is 18.0 Å². The van der Waals surface area contributed by atoms with E-state index in [9.17, 15) is 18.0 Å². The van der Waals surface area contributed by atoms with E-state index in [0.29, 0.717) is 5.65 Å². The molecule has 7 nitrogen and oxygen atoms in total. The first-order chi connectivity index (χ1) is 12.3. The van der Waals surface area contributed by atoms with Crippen molar-refractivity contribution in [2.75, 3.05) is 6.26 Å². The van der Waals surface area contributed by atoms with Crippen molar-refractivity contribution in [2.24, 2.45) is 0 Å². The van der Waals surface area contributed by atoms with Crippen molar-refractivity contribution in [3.05, 3.63) is 75.8 Å². The van der Waals surface area contributed by atoms with Gasteiger partial charge in [0.2, 0.25) is 0 Å². The molecule has 0 atom stereocenters. The third kappa shape index (κ3) is 3.50. The number of pyridine rings is 1. The monoisotopic (exact) mass is 372 g/mol. The second-order valence-electron chi connectivity index (χ2n) is 5.79. The zero-order valence-corrected chi connectivity index (χ0v) is 15.0. The molecule has 0 amide bonds. The summed E-state index contributed by atoms with van der Waals surface area (Å²) in [5.74, 6) is -0.794. The van der Waals surface area contributed by atoms with E-state index in [1.165, 1.54) is 28.7 Å². The van der Waals surface area contributed by atoms with Gasteiger partial charge in [0.05, 0.1) is 16.2 Å². The van der Waals surface area contributed by atoms with Crippen molar-refractivity contribution in [3.63, 3.8) is 0 Å². The van der Waals surface area contributed by atoms with Gasteiger partial charge in [-0.3, -0.25) is 9.20 Å². The highest BCUT2D eigenvalue weighted by Gasteiger charge is 2.19. The fourth-order valence-corrected chi connectivity index (χ4v) is 3.49. The van der Waals surface area contributed by atoms with Crippen molar-refractivity contribution in [2.45, 2.75) is 18.4 Å². The Bertz CT molecular complexity index is 1170. The van der Waals surface area contributed by atoms with Gasteiger partial charge in [-0.15, -0.1) is 0 Å². The Morgan fingerprint density at radius 3 is 2.62 bits per heavy atom. The molecule has 0 aliphatic carbocycles. The summed E-state index contributed by atoms with van der Waals surface area (Å²) in [5.41, 5.74) is 1.13. The number of sulfone groups is 1. The molecule has 2 heterocycles. The summed E-state index contributed by atoms with van der Waals surface area (Å²) >= 11 is 0. The van der Waals surface area contributed by atoms with Crippen LogP contribution < -0.4 is 5.56 Å². The number of rotatable bonds is 4. The van der Waals surface area contributed by atoms with Crippen LogP contribution in [0.4, 0.5) is 0 Å². The molecule has 3 aromatic rings. The Morgan fingerprint density at radius 1 is 1.15 bits per heavy atom. The Morgan fingerprint density at radius 2 is 1.88 bits per heavy atom. The minimum absolute atomic E-state index is 0.0524. The number of ether oxygens (including phenoxy) is 1. The molecular formula is C18H16N2O5S. The zero-order valence-electron chi connectivity index (χ0n) is 14.2. The minimum Gasteiger partial charge on any atom is -0.456 e. The molecule has 0 aliphatic rings. The van der Waals surface area contributed by atoms with Crippen molar-refractivity contribution in [1.82, 2.24) is 9.38 Å². The molecular weight excluding hydrogens is 356 g/mol. The van der Waals surface area contributed by atoms with E-state index in [1.807, 2.05) is 0 Å². The lowest BCUT2D eigenvalue weighted by molar-refractivity contribution is 0.0463. The Balaban J connectivity index is 1.88. The first-order valence-electron chi connectivity index (χ1n) is 7.72. The van der Waals surface area contributed by atoms with Crippen molar-refractivity contribution < 1.29 is 17.9 Å². The van der Waals surface area contributed by atoms with E-state index in [-0.39, 0.29) is 28.3 Å². The summed E-state index contributed by atoms with van der Waals surface area (Å²) in [6.07, 6.45) is 1.02. The molecule has 0 saturated carbocycles. The number of nitrogens with zero attached hydrogens (tertiary/aromatic N) is 2. The third-order valence-corrected chi connectivity index (χ3v) is 4.95. The van der Waals surface area contributed by atoms with Crippen LogP contribution in [-0.4, -0.2) is 30.0 Å². The van der Waals surface area contributed by atoms with E-state index >= 15 is 0 Å². The molecule has 0 bridgehead atoms. The quantitative estimate of drug-likeness (QED) is 0.648. The molecule has 3 rings (SSSR count). The molecule has 26 heavy (non-hydrogen) atoms. The maximum Gasteiger partial charge on any atom is 0.339 e. The fraction of sp³-hybridized carbons (Fsp3) is 0.167. The molecule has 0 N–H and O–H groups in total. The number of aryl methyl sites for hydroxylation is 1. The van der Waals surface area contributed by atoms with E-state index < -0.39 is 15.8 Å². The van der Waals surface area contributed by atoms with E-state index in [1.54, 1.807) is 31.2 Å². The highest BCUT2D eigenvalue weighted by molar-refractivity contribution is 7.90. The SMILES string of the molecule is Cc1cccc2nc(COC(=O)c3ccccc3S(C)(=O)=O)cc(=O)n12. The number of hydrogen-bond donors (Lipinski definition) is 0. The number of carbonyl (C=O) groups excluding carboxylic acids is 1. The molecule has 8 heteroatoms. The van der Waals surface area contributed by atoms with Gasteiger partial charge in [-0.25, -0.2) is 18.2 Å². The first kappa shape index (κ1) is 17.8. The molecule has 0 unspecified atom stereocenters. The number of benzene rings is 1. The molecule has 1 aromatic carbocycles. The van der Waals surface area contributed by atoms with Crippen LogP contribution in [-0.2, 0) is 21.2 Å². The van der Waals surface area contributed by atoms with Crippen molar-refractivity contribution in [3.8, 4) is 0 Å². The number of hydrogen-bond acceptors (Lipinski definition) is 6. The normalized spacial score (nSPS) is 11.5. The lowest BCUT2D eigenvalue weighted by Gasteiger charge is -2.09. The maximum atomic E-state index is 12.3. The topological polar surface area (TPSA) is 94.8 Å². The third-order valence-electron chi connectivity index (χ3n) is 3.79. The van der Waals surface area contributed by atoms with Gasteiger partial charge >= 0.3 is 5.97 Å². The van der Waals surface area contributed by atoms with Gasteiger partial charge in [0.1, 0.15) is 12.3 Å². The Labute approximate surface area is 149 Å². The number of aromatic nitrogens is 2. The molecule has 0 spiro atoms. The fourth-order valence-electron chi connectivity index (χ4n) is 2.61. The van der Waals surface area contributed by atoms with Crippen LogP contribution in [0.5, 0.6) is 0 Å². The molecule has 134 valence electrons. The highest BCUT2D eigenvalue weighted by atomic mass is 32.2.